The van der Waals surface area contributed by atoms with Crippen molar-refractivity contribution >= 4 is 11.9 Å². The van der Waals surface area contributed by atoms with Crippen LogP contribution in [0.4, 0.5) is 4.79 Å². The molecule has 0 spiro atoms. The number of amides is 3. The van der Waals surface area contributed by atoms with Gasteiger partial charge in [-0.1, -0.05) is 13.8 Å². The molecule has 1 heterocycles. The van der Waals surface area contributed by atoms with Crippen molar-refractivity contribution < 1.29 is 9.59 Å². The van der Waals surface area contributed by atoms with Crippen molar-refractivity contribution in [2.75, 3.05) is 13.1 Å². The van der Waals surface area contributed by atoms with Crippen LogP contribution >= 0.6 is 0 Å². The van der Waals surface area contributed by atoms with E-state index in [0.717, 1.165) is 6.42 Å². The molecule has 0 bridgehead atoms. The molecule has 0 aromatic carbocycles. The van der Waals surface area contributed by atoms with Crippen molar-refractivity contribution in [2.45, 2.75) is 59.0 Å². The molecule has 110 valence electrons. The highest BCUT2D eigenvalue weighted by molar-refractivity contribution is 5.82. The van der Waals surface area contributed by atoms with E-state index in [4.69, 9.17) is 0 Å². The van der Waals surface area contributed by atoms with Crippen LogP contribution in [0.5, 0.6) is 0 Å². The van der Waals surface area contributed by atoms with Crippen molar-refractivity contribution in [1.82, 2.24) is 15.5 Å². The molecule has 1 unspecified atom stereocenters. The second-order valence-corrected chi connectivity index (χ2v) is 6.66. The van der Waals surface area contributed by atoms with Gasteiger partial charge in [0.1, 0.15) is 0 Å². The van der Waals surface area contributed by atoms with Crippen molar-refractivity contribution in [2.24, 2.45) is 5.92 Å². The average Bonchev–Trinajstić information content (AvgIpc) is 2.58. The highest BCUT2D eigenvalue weighted by atomic mass is 16.2. The van der Waals surface area contributed by atoms with Crippen LogP contribution in [0.25, 0.3) is 0 Å². The number of nitrogens with zero attached hydrogens (tertiary/aromatic N) is 1. The van der Waals surface area contributed by atoms with E-state index in [1.165, 1.54) is 0 Å². The lowest BCUT2D eigenvalue weighted by Gasteiger charge is -2.32. The number of likely N-dealkylation sites (tertiary alicyclic amines) is 1. The molecule has 19 heavy (non-hydrogen) atoms. The van der Waals surface area contributed by atoms with Crippen molar-refractivity contribution in [1.29, 1.82) is 0 Å². The Morgan fingerprint density at radius 2 is 2.05 bits per heavy atom. The Labute approximate surface area is 116 Å². The summed E-state index contributed by atoms with van der Waals surface area (Å²) in [5.74, 6) is 0.685. The Morgan fingerprint density at radius 3 is 2.53 bits per heavy atom. The third-order valence-electron chi connectivity index (χ3n) is 3.28. The third kappa shape index (κ3) is 5.09. The molecule has 3 amide bonds. The number of hydrogen-bond acceptors (Lipinski definition) is 2. The molecule has 1 rings (SSSR count). The first kappa shape index (κ1) is 15.8. The normalized spacial score (nSPS) is 20.0. The summed E-state index contributed by atoms with van der Waals surface area (Å²) in [7, 11) is 0. The van der Waals surface area contributed by atoms with Gasteiger partial charge in [-0.2, -0.15) is 0 Å². The number of urea groups is 1. The highest BCUT2D eigenvalue weighted by Crippen LogP contribution is 2.21. The Kier molecular flexibility index (Phi) is 5.20. The molecule has 0 aromatic heterocycles. The molecule has 0 aromatic rings. The molecular weight excluding hydrogens is 242 g/mol. The van der Waals surface area contributed by atoms with E-state index in [0.29, 0.717) is 25.4 Å². The van der Waals surface area contributed by atoms with Gasteiger partial charge in [-0.05, 0) is 33.1 Å². The highest BCUT2D eigenvalue weighted by Gasteiger charge is 2.36. The monoisotopic (exact) mass is 269 g/mol. The van der Waals surface area contributed by atoms with Gasteiger partial charge >= 0.3 is 6.03 Å². The molecular formula is C14H27N3O2. The van der Waals surface area contributed by atoms with E-state index in [-0.39, 0.29) is 23.5 Å². The Balaban J connectivity index is 2.35. The van der Waals surface area contributed by atoms with Crippen LogP contribution in [0, 0.1) is 5.92 Å². The van der Waals surface area contributed by atoms with E-state index in [1.807, 2.05) is 25.7 Å². The fraction of sp³-hybridized carbons (Fsp3) is 0.857. The number of hydrogen-bond donors (Lipinski definition) is 2. The summed E-state index contributed by atoms with van der Waals surface area (Å²) in [6.45, 7) is 11.5. The maximum atomic E-state index is 11.9. The first-order valence-corrected chi connectivity index (χ1v) is 7.05. The van der Waals surface area contributed by atoms with Crippen molar-refractivity contribution in [3.05, 3.63) is 0 Å². The lowest BCUT2D eigenvalue weighted by molar-refractivity contribution is -0.131. The van der Waals surface area contributed by atoms with Gasteiger partial charge in [0.25, 0.3) is 0 Å². The zero-order chi connectivity index (χ0) is 14.6. The largest absolute Gasteiger partial charge is 0.338 e. The zero-order valence-corrected chi connectivity index (χ0v) is 12.7. The van der Waals surface area contributed by atoms with Gasteiger partial charge in [-0.3, -0.25) is 4.79 Å². The standard InChI is InChI=1S/C14H27N3O2/c1-10(2)6-7-15-13(19)16-11-8-12(18)17(9-11)14(3,4)5/h10-11H,6-9H2,1-5H3,(H2,15,16,19). The Bertz CT molecular complexity index is 334. The summed E-state index contributed by atoms with van der Waals surface area (Å²) < 4.78 is 0. The van der Waals surface area contributed by atoms with Crippen LogP contribution in [0.2, 0.25) is 0 Å². The fourth-order valence-electron chi connectivity index (χ4n) is 2.16. The van der Waals surface area contributed by atoms with Crippen LogP contribution in [-0.4, -0.2) is 41.5 Å². The summed E-state index contributed by atoms with van der Waals surface area (Å²) in [4.78, 5) is 25.4. The van der Waals surface area contributed by atoms with Crippen LogP contribution in [0.15, 0.2) is 0 Å². The SMILES string of the molecule is CC(C)CCNC(=O)NC1CC(=O)N(C(C)(C)C)C1. The van der Waals surface area contributed by atoms with Gasteiger partial charge < -0.3 is 15.5 Å². The van der Waals surface area contributed by atoms with Crippen LogP contribution < -0.4 is 10.6 Å². The third-order valence-corrected chi connectivity index (χ3v) is 3.28. The minimum absolute atomic E-state index is 0.0780. The summed E-state index contributed by atoms with van der Waals surface area (Å²) in [5, 5.41) is 5.70. The lowest BCUT2D eigenvalue weighted by atomic mass is 10.1. The van der Waals surface area contributed by atoms with Gasteiger partial charge in [0.15, 0.2) is 0 Å². The van der Waals surface area contributed by atoms with E-state index in [2.05, 4.69) is 24.5 Å². The Morgan fingerprint density at radius 1 is 1.42 bits per heavy atom. The number of rotatable bonds is 4. The van der Waals surface area contributed by atoms with E-state index >= 15 is 0 Å². The number of nitrogens with one attached hydrogen (secondary N) is 2. The zero-order valence-electron chi connectivity index (χ0n) is 12.7. The molecule has 0 aliphatic carbocycles. The molecule has 2 N–H and O–H groups in total. The topological polar surface area (TPSA) is 61.4 Å². The fourth-order valence-corrected chi connectivity index (χ4v) is 2.16. The molecule has 5 nitrogen and oxygen atoms in total. The summed E-state index contributed by atoms with van der Waals surface area (Å²) in [6.07, 6.45) is 1.36. The average molecular weight is 269 g/mol. The Hall–Kier alpha value is -1.26. The first-order chi connectivity index (χ1) is 8.70. The summed E-state index contributed by atoms with van der Waals surface area (Å²) in [5.41, 5.74) is -0.179. The maximum absolute atomic E-state index is 11.9. The van der Waals surface area contributed by atoms with Gasteiger partial charge in [-0.25, -0.2) is 4.79 Å². The van der Waals surface area contributed by atoms with Crippen molar-refractivity contribution in [3.63, 3.8) is 0 Å². The van der Waals surface area contributed by atoms with Crippen LogP contribution in [-0.2, 0) is 4.79 Å². The van der Waals surface area contributed by atoms with E-state index < -0.39 is 0 Å². The van der Waals surface area contributed by atoms with Gasteiger partial charge in [-0.15, -0.1) is 0 Å². The number of carbonyl (C=O) groups is 2. The van der Waals surface area contributed by atoms with E-state index in [1.54, 1.807) is 0 Å². The lowest BCUT2D eigenvalue weighted by Crippen LogP contribution is -2.46. The molecule has 1 aliphatic rings. The molecule has 0 saturated carbocycles. The summed E-state index contributed by atoms with van der Waals surface area (Å²) in [6, 6.07) is -0.250. The minimum Gasteiger partial charge on any atom is -0.338 e. The molecule has 1 atom stereocenters. The van der Waals surface area contributed by atoms with Gasteiger partial charge in [0.05, 0.1) is 6.04 Å². The maximum Gasteiger partial charge on any atom is 0.315 e. The summed E-state index contributed by atoms with van der Waals surface area (Å²) >= 11 is 0. The predicted octanol–water partition coefficient (Wildman–Crippen LogP) is 1.73. The molecule has 0 radical (unpaired) electrons. The van der Waals surface area contributed by atoms with Gasteiger partial charge in [0, 0.05) is 25.0 Å². The van der Waals surface area contributed by atoms with Crippen LogP contribution in [0.1, 0.15) is 47.5 Å². The molecule has 1 aliphatic heterocycles. The molecule has 5 heteroatoms. The predicted molar refractivity (Wildman–Crippen MR) is 75.9 cm³/mol. The number of carbonyl (C=O) groups excluding carboxylic acids is 2. The van der Waals surface area contributed by atoms with Crippen molar-refractivity contribution in [3.8, 4) is 0 Å². The van der Waals surface area contributed by atoms with Crippen LogP contribution in [0.3, 0.4) is 0 Å². The second-order valence-electron chi connectivity index (χ2n) is 6.66. The smallest absolute Gasteiger partial charge is 0.315 e. The first-order valence-electron chi connectivity index (χ1n) is 7.05. The minimum atomic E-state index is -0.179. The quantitative estimate of drug-likeness (QED) is 0.816. The van der Waals surface area contributed by atoms with Gasteiger partial charge in [0.2, 0.25) is 5.91 Å². The second kappa shape index (κ2) is 6.26. The van der Waals surface area contributed by atoms with E-state index in [9.17, 15) is 9.59 Å². The molecule has 1 fully saturated rings. The molecule has 1 saturated heterocycles.